The highest BCUT2D eigenvalue weighted by atomic mass is 79.9. The van der Waals surface area contributed by atoms with Crippen molar-refractivity contribution in [1.82, 2.24) is 0 Å². The Bertz CT molecular complexity index is 557. The first-order valence-corrected chi connectivity index (χ1v) is 7.86. The minimum Gasteiger partial charge on any atom is -0.491 e. The molecule has 0 amide bonds. The van der Waals surface area contributed by atoms with Crippen LogP contribution >= 0.6 is 15.9 Å². The standard InChI is InChI=1S/C17H20BrNO2/c1-2-13-4-3-5-15(10-13)19-11-16(20)12-21-17-8-6-14(18)7-9-17/h3-10,16,19-20H,2,11-12H2,1H3. The fourth-order valence-electron chi connectivity index (χ4n) is 1.92. The zero-order valence-corrected chi connectivity index (χ0v) is 13.6. The second-order valence-corrected chi connectivity index (χ2v) is 5.77. The summed E-state index contributed by atoms with van der Waals surface area (Å²) in [6.45, 7) is 2.85. The van der Waals surface area contributed by atoms with Crippen LogP contribution in [0, 0.1) is 0 Å². The van der Waals surface area contributed by atoms with Gasteiger partial charge in [-0.15, -0.1) is 0 Å². The molecule has 0 spiro atoms. The quantitative estimate of drug-likeness (QED) is 0.797. The Morgan fingerprint density at radius 3 is 2.67 bits per heavy atom. The highest BCUT2D eigenvalue weighted by Gasteiger charge is 2.05. The van der Waals surface area contributed by atoms with Gasteiger partial charge in [0.05, 0.1) is 0 Å². The molecule has 0 aliphatic carbocycles. The Labute approximate surface area is 134 Å². The summed E-state index contributed by atoms with van der Waals surface area (Å²) in [4.78, 5) is 0. The topological polar surface area (TPSA) is 41.5 Å². The van der Waals surface area contributed by atoms with Gasteiger partial charge in [0.25, 0.3) is 0 Å². The zero-order valence-electron chi connectivity index (χ0n) is 12.1. The summed E-state index contributed by atoms with van der Waals surface area (Å²) in [5, 5.41) is 13.2. The molecule has 21 heavy (non-hydrogen) atoms. The molecule has 2 rings (SSSR count). The van der Waals surface area contributed by atoms with Crippen molar-refractivity contribution in [2.75, 3.05) is 18.5 Å². The van der Waals surface area contributed by atoms with E-state index in [0.717, 1.165) is 22.3 Å². The molecule has 2 aromatic rings. The minimum absolute atomic E-state index is 0.266. The van der Waals surface area contributed by atoms with Crippen LogP contribution in [0.15, 0.2) is 53.0 Å². The number of halogens is 1. The van der Waals surface area contributed by atoms with Crippen LogP contribution in [0.25, 0.3) is 0 Å². The molecule has 0 fully saturated rings. The Morgan fingerprint density at radius 2 is 1.95 bits per heavy atom. The number of benzene rings is 2. The van der Waals surface area contributed by atoms with Crippen LogP contribution in [-0.2, 0) is 6.42 Å². The van der Waals surface area contributed by atoms with Gasteiger partial charge in [-0.3, -0.25) is 0 Å². The van der Waals surface area contributed by atoms with Crippen molar-refractivity contribution >= 4 is 21.6 Å². The van der Waals surface area contributed by atoms with Gasteiger partial charge in [-0.25, -0.2) is 0 Å². The third-order valence-electron chi connectivity index (χ3n) is 3.13. The molecule has 0 aromatic heterocycles. The molecule has 3 nitrogen and oxygen atoms in total. The molecule has 0 aliphatic rings. The molecule has 1 atom stereocenters. The predicted molar refractivity (Wildman–Crippen MR) is 90.0 cm³/mol. The van der Waals surface area contributed by atoms with Crippen LogP contribution in [-0.4, -0.2) is 24.4 Å². The monoisotopic (exact) mass is 349 g/mol. The van der Waals surface area contributed by atoms with Gasteiger partial charge < -0.3 is 15.2 Å². The number of hydrogen-bond donors (Lipinski definition) is 2. The molecule has 0 aliphatic heterocycles. The van der Waals surface area contributed by atoms with Crippen LogP contribution in [0.4, 0.5) is 5.69 Å². The molecular weight excluding hydrogens is 330 g/mol. The summed E-state index contributed by atoms with van der Waals surface area (Å²) in [5.74, 6) is 0.755. The number of anilines is 1. The van der Waals surface area contributed by atoms with E-state index >= 15 is 0 Å². The molecule has 0 saturated heterocycles. The van der Waals surface area contributed by atoms with Crippen LogP contribution in [0.3, 0.4) is 0 Å². The molecule has 2 aromatic carbocycles. The lowest BCUT2D eigenvalue weighted by Gasteiger charge is -2.14. The van der Waals surface area contributed by atoms with Gasteiger partial charge >= 0.3 is 0 Å². The number of aliphatic hydroxyl groups excluding tert-OH is 1. The van der Waals surface area contributed by atoms with Crippen molar-refractivity contribution in [1.29, 1.82) is 0 Å². The molecular formula is C17H20BrNO2. The van der Waals surface area contributed by atoms with Gasteiger partial charge in [0.1, 0.15) is 18.5 Å². The van der Waals surface area contributed by atoms with Gasteiger partial charge in [0.2, 0.25) is 0 Å². The Kier molecular flexibility index (Phi) is 6.08. The van der Waals surface area contributed by atoms with E-state index in [1.54, 1.807) is 0 Å². The van der Waals surface area contributed by atoms with Gasteiger partial charge in [-0.2, -0.15) is 0 Å². The van der Waals surface area contributed by atoms with E-state index in [0.29, 0.717) is 6.54 Å². The fraction of sp³-hybridized carbons (Fsp3) is 0.294. The Morgan fingerprint density at radius 1 is 1.19 bits per heavy atom. The van der Waals surface area contributed by atoms with Crippen molar-refractivity contribution in [3.8, 4) is 5.75 Å². The second kappa shape index (κ2) is 8.05. The normalized spacial score (nSPS) is 12.0. The highest BCUT2D eigenvalue weighted by Crippen LogP contribution is 2.16. The van der Waals surface area contributed by atoms with E-state index < -0.39 is 6.10 Å². The van der Waals surface area contributed by atoms with E-state index in [9.17, 15) is 5.11 Å². The number of ether oxygens (including phenoxy) is 1. The predicted octanol–water partition coefficient (Wildman–Crippen LogP) is 3.86. The molecule has 0 radical (unpaired) electrons. The first-order valence-electron chi connectivity index (χ1n) is 7.06. The van der Waals surface area contributed by atoms with E-state index in [1.165, 1.54) is 5.56 Å². The van der Waals surface area contributed by atoms with Crippen LogP contribution in [0.2, 0.25) is 0 Å². The largest absolute Gasteiger partial charge is 0.491 e. The summed E-state index contributed by atoms with van der Waals surface area (Å²) in [6, 6.07) is 15.8. The Balaban J connectivity index is 1.76. The summed E-state index contributed by atoms with van der Waals surface area (Å²) >= 11 is 3.37. The van der Waals surface area contributed by atoms with Crippen LogP contribution in [0.5, 0.6) is 5.75 Å². The van der Waals surface area contributed by atoms with Gasteiger partial charge in [-0.1, -0.05) is 35.0 Å². The molecule has 2 N–H and O–H groups in total. The minimum atomic E-state index is -0.557. The van der Waals surface area contributed by atoms with Crippen LogP contribution in [0.1, 0.15) is 12.5 Å². The number of aryl methyl sites for hydroxylation is 1. The maximum absolute atomic E-state index is 9.96. The van der Waals surface area contributed by atoms with Crippen LogP contribution < -0.4 is 10.1 Å². The SMILES string of the molecule is CCc1cccc(NCC(O)COc2ccc(Br)cc2)c1. The summed E-state index contributed by atoms with van der Waals surface area (Å²) < 4.78 is 6.55. The third-order valence-corrected chi connectivity index (χ3v) is 3.66. The van der Waals surface area contributed by atoms with Gasteiger partial charge in [0.15, 0.2) is 0 Å². The van der Waals surface area contributed by atoms with Gasteiger partial charge in [-0.05, 0) is 48.4 Å². The van der Waals surface area contributed by atoms with E-state index in [-0.39, 0.29) is 6.61 Å². The van der Waals surface area contributed by atoms with Crippen molar-refractivity contribution in [2.24, 2.45) is 0 Å². The molecule has 112 valence electrons. The smallest absolute Gasteiger partial charge is 0.119 e. The molecule has 0 heterocycles. The van der Waals surface area contributed by atoms with Crippen molar-refractivity contribution in [3.05, 3.63) is 58.6 Å². The van der Waals surface area contributed by atoms with Crippen molar-refractivity contribution in [2.45, 2.75) is 19.4 Å². The maximum atomic E-state index is 9.96. The van der Waals surface area contributed by atoms with Crippen molar-refractivity contribution < 1.29 is 9.84 Å². The number of hydrogen-bond acceptors (Lipinski definition) is 3. The van der Waals surface area contributed by atoms with E-state index in [4.69, 9.17) is 4.74 Å². The second-order valence-electron chi connectivity index (χ2n) is 4.85. The van der Waals surface area contributed by atoms with E-state index in [1.807, 2.05) is 36.4 Å². The fourth-order valence-corrected chi connectivity index (χ4v) is 2.18. The first kappa shape index (κ1) is 15.9. The third kappa shape index (κ3) is 5.40. The average molecular weight is 350 g/mol. The molecule has 4 heteroatoms. The first-order chi connectivity index (χ1) is 10.2. The summed E-state index contributed by atoms with van der Waals surface area (Å²) in [5.41, 5.74) is 2.30. The maximum Gasteiger partial charge on any atom is 0.119 e. The number of nitrogens with one attached hydrogen (secondary N) is 1. The molecule has 0 bridgehead atoms. The van der Waals surface area contributed by atoms with Crippen molar-refractivity contribution in [3.63, 3.8) is 0 Å². The highest BCUT2D eigenvalue weighted by molar-refractivity contribution is 9.10. The van der Waals surface area contributed by atoms with Gasteiger partial charge in [0, 0.05) is 16.7 Å². The number of aliphatic hydroxyl groups is 1. The summed E-state index contributed by atoms with van der Waals surface area (Å²) in [7, 11) is 0. The lowest BCUT2D eigenvalue weighted by Crippen LogP contribution is -2.26. The Hall–Kier alpha value is -1.52. The zero-order chi connectivity index (χ0) is 15.1. The molecule has 0 saturated carbocycles. The lowest BCUT2D eigenvalue weighted by atomic mass is 10.1. The van der Waals surface area contributed by atoms with E-state index in [2.05, 4.69) is 40.3 Å². The molecule has 1 unspecified atom stereocenters. The average Bonchev–Trinajstić information content (AvgIpc) is 2.52. The lowest BCUT2D eigenvalue weighted by molar-refractivity contribution is 0.117. The summed E-state index contributed by atoms with van der Waals surface area (Å²) in [6.07, 6.45) is 0.448. The number of rotatable bonds is 7.